The minimum absolute atomic E-state index is 0.142. The topological polar surface area (TPSA) is 47.3 Å². The van der Waals surface area contributed by atoms with Gasteiger partial charge >= 0.3 is 0 Å². The van der Waals surface area contributed by atoms with Crippen molar-refractivity contribution in [3.8, 4) is 5.75 Å². The molecule has 0 spiro atoms. The molecule has 3 heteroatoms. The lowest BCUT2D eigenvalue weighted by molar-refractivity contribution is 0.369. The highest BCUT2D eigenvalue weighted by atomic mass is 16.5. The van der Waals surface area contributed by atoms with E-state index in [1.54, 1.807) is 7.11 Å². The van der Waals surface area contributed by atoms with Gasteiger partial charge in [0.25, 0.3) is 0 Å². The zero-order chi connectivity index (χ0) is 11.5. The third-order valence-electron chi connectivity index (χ3n) is 2.48. The molecular formula is C12H20N2O. The van der Waals surface area contributed by atoms with Crippen LogP contribution in [0.5, 0.6) is 5.75 Å². The Balaban J connectivity index is 2.93. The van der Waals surface area contributed by atoms with Crippen LogP contribution in [0, 0.1) is 0 Å². The number of likely N-dealkylation sites (N-methyl/N-ethyl adjacent to an activating group) is 1. The molecule has 0 amide bonds. The zero-order valence-corrected chi connectivity index (χ0v) is 9.87. The van der Waals surface area contributed by atoms with Gasteiger partial charge in [-0.3, -0.25) is 0 Å². The lowest BCUT2D eigenvalue weighted by Crippen LogP contribution is -2.45. The highest BCUT2D eigenvalue weighted by Gasteiger charge is 2.24. The third-order valence-corrected chi connectivity index (χ3v) is 2.48. The van der Waals surface area contributed by atoms with Gasteiger partial charge in [-0.25, -0.2) is 0 Å². The summed E-state index contributed by atoms with van der Waals surface area (Å²) in [6, 6.07) is 8.11. The first kappa shape index (κ1) is 12.0. The van der Waals surface area contributed by atoms with Crippen LogP contribution in [0.25, 0.3) is 0 Å². The third kappa shape index (κ3) is 2.94. The highest BCUT2D eigenvalue weighted by molar-refractivity contribution is 5.30. The molecule has 3 nitrogen and oxygen atoms in total. The molecule has 1 rings (SSSR count). The Morgan fingerprint density at radius 1 is 1.27 bits per heavy atom. The Morgan fingerprint density at radius 3 is 2.13 bits per heavy atom. The van der Waals surface area contributed by atoms with Gasteiger partial charge in [0.1, 0.15) is 5.75 Å². The fourth-order valence-electron chi connectivity index (χ4n) is 1.76. The predicted octanol–water partition coefficient (Wildman–Crippen LogP) is 1.69. The van der Waals surface area contributed by atoms with Crippen LogP contribution in [-0.2, 0) is 0 Å². The quantitative estimate of drug-likeness (QED) is 0.791. The molecule has 0 aliphatic heterocycles. The summed E-state index contributed by atoms with van der Waals surface area (Å²) < 4.78 is 5.12. The molecule has 1 atom stereocenters. The second-order valence-electron chi connectivity index (χ2n) is 4.32. The standard InChI is InChI=1S/C12H20N2O/c1-12(2,13)11(14-3)9-5-7-10(15-4)8-6-9/h5-8,11,14H,13H2,1-4H3. The Hall–Kier alpha value is -1.06. The van der Waals surface area contributed by atoms with E-state index in [0.717, 1.165) is 5.75 Å². The molecule has 1 aromatic carbocycles. The van der Waals surface area contributed by atoms with Gasteiger partial charge in [0.2, 0.25) is 0 Å². The van der Waals surface area contributed by atoms with Crippen molar-refractivity contribution in [3.63, 3.8) is 0 Å². The van der Waals surface area contributed by atoms with Crippen molar-refractivity contribution in [1.82, 2.24) is 5.32 Å². The maximum atomic E-state index is 6.10. The van der Waals surface area contributed by atoms with Gasteiger partial charge in [-0.15, -0.1) is 0 Å². The lowest BCUT2D eigenvalue weighted by Gasteiger charge is -2.30. The van der Waals surface area contributed by atoms with Gasteiger partial charge in [-0.05, 0) is 38.6 Å². The monoisotopic (exact) mass is 208 g/mol. The van der Waals surface area contributed by atoms with E-state index in [-0.39, 0.29) is 11.6 Å². The highest BCUT2D eigenvalue weighted by Crippen LogP contribution is 2.24. The Morgan fingerprint density at radius 2 is 1.80 bits per heavy atom. The van der Waals surface area contributed by atoms with Gasteiger partial charge in [0.15, 0.2) is 0 Å². The number of benzene rings is 1. The van der Waals surface area contributed by atoms with Crippen LogP contribution in [-0.4, -0.2) is 19.7 Å². The second-order valence-corrected chi connectivity index (χ2v) is 4.32. The minimum atomic E-state index is -0.288. The molecule has 0 aliphatic carbocycles. The number of hydrogen-bond acceptors (Lipinski definition) is 3. The first-order valence-electron chi connectivity index (χ1n) is 5.09. The Kier molecular flexibility index (Phi) is 3.72. The predicted molar refractivity (Wildman–Crippen MR) is 63.1 cm³/mol. The number of hydrogen-bond donors (Lipinski definition) is 2. The second kappa shape index (κ2) is 4.64. The van der Waals surface area contributed by atoms with Gasteiger partial charge in [0, 0.05) is 11.6 Å². The molecular weight excluding hydrogens is 188 g/mol. The maximum Gasteiger partial charge on any atom is 0.118 e. The summed E-state index contributed by atoms with van der Waals surface area (Å²) in [5.41, 5.74) is 6.98. The summed E-state index contributed by atoms with van der Waals surface area (Å²) in [6.07, 6.45) is 0. The van der Waals surface area contributed by atoms with E-state index in [1.807, 2.05) is 45.2 Å². The molecule has 0 bridgehead atoms. The molecule has 0 saturated carbocycles. The number of nitrogens with one attached hydrogen (secondary N) is 1. The van der Waals surface area contributed by atoms with E-state index >= 15 is 0 Å². The Bertz CT molecular complexity index is 300. The van der Waals surface area contributed by atoms with Crippen molar-refractivity contribution < 1.29 is 4.74 Å². The summed E-state index contributed by atoms with van der Waals surface area (Å²) in [6.45, 7) is 4.02. The molecule has 0 aromatic heterocycles. The largest absolute Gasteiger partial charge is 0.497 e. The molecule has 1 unspecified atom stereocenters. The van der Waals surface area contributed by atoms with E-state index in [2.05, 4.69) is 5.32 Å². The lowest BCUT2D eigenvalue weighted by atomic mass is 9.90. The smallest absolute Gasteiger partial charge is 0.118 e. The molecule has 15 heavy (non-hydrogen) atoms. The molecule has 1 aromatic rings. The van der Waals surface area contributed by atoms with E-state index in [9.17, 15) is 0 Å². The fraction of sp³-hybridized carbons (Fsp3) is 0.500. The molecule has 3 N–H and O–H groups in total. The maximum absolute atomic E-state index is 6.10. The number of nitrogens with two attached hydrogens (primary N) is 1. The Labute approximate surface area is 91.6 Å². The minimum Gasteiger partial charge on any atom is -0.497 e. The molecule has 84 valence electrons. The van der Waals surface area contributed by atoms with Gasteiger partial charge < -0.3 is 15.8 Å². The molecule has 0 saturated heterocycles. The van der Waals surface area contributed by atoms with Crippen LogP contribution in [0.15, 0.2) is 24.3 Å². The normalized spacial score (nSPS) is 13.7. The summed E-state index contributed by atoms with van der Waals surface area (Å²) in [5, 5.41) is 3.23. The van der Waals surface area contributed by atoms with Gasteiger partial charge in [-0.1, -0.05) is 12.1 Å². The van der Waals surface area contributed by atoms with Crippen LogP contribution < -0.4 is 15.8 Å². The van der Waals surface area contributed by atoms with E-state index in [0.29, 0.717) is 0 Å². The first-order chi connectivity index (χ1) is 6.99. The van der Waals surface area contributed by atoms with E-state index < -0.39 is 0 Å². The SMILES string of the molecule is CNC(c1ccc(OC)cc1)C(C)(C)N. The summed E-state index contributed by atoms with van der Waals surface area (Å²) in [5.74, 6) is 0.864. The zero-order valence-electron chi connectivity index (χ0n) is 9.87. The van der Waals surface area contributed by atoms with Crippen molar-refractivity contribution in [1.29, 1.82) is 0 Å². The van der Waals surface area contributed by atoms with Crippen molar-refractivity contribution in [2.75, 3.05) is 14.2 Å². The number of ether oxygens (including phenoxy) is 1. The molecule has 0 fully saturated rings. The first-order valence-corrected chi connectivity index (χ1v) is 5.09. The molecule has 0 aliphatic rings. The van der Waals surface area contributed by atoms with Gasteiger partial charge in [-0.2, -0.15) is 0 Å². The van der Waals surface area contributed by atoms with Crippen LogP contribution in [0.1, 0.15) is 25.5 Å². The summed E-state index contributed by atoms with van der Waals surface area (Å²) >= 11 is 0. The fourth-order valence-corrected chi connectivity index (χ4v) is 1.76. The molecule has 0 heterocycles. The van der Waals surface area contributed by atoms with Crippen LogP contribution in [0.2, 0.25) is 0 Å². The number of rotatable bonds is 4. The van der Waals surface area contributed by atoms with Crippen molar-refractivity contribution >= 4 is 0 Å². The average Bonchev–Trinajstić information content (AvgIpc) is 2.18. The van der Waals surface area contributed by atoms with Crippen LogP contribution in [0.4, 0.5) is 0 Å². The number of methoxy groups -OCH3 is 1. The van der Waals surface area contributed by atoms with E-state index in [4.69, 9.17) is 10.5 Å². The van der Waals surface area contributed by atoms with Crippen molar-refractivity contribution in [2.24, 2.45) is 5.73 Å². The van der Waals surface area contributed by atoms with Crippen LogP contribution in [0.3, 0.4) is 0 Å². The van der Waals surface area contributed by atoms with Crippen LogP contribution >= 0.6 is 0 Å². The van der Waals surface area contributed by atoms with Gasteiger partial charge in [0.05, 0.1) is 7.11 Å². The van der Waals surface area contributed by atoms with E-state index in [1.165, 1.54) is 5.56 Å². The summed E-state index contributed by atoms with van der Waals surface area (Å²) in [7, 11) is 3.58. The van der Waals surface area contributed by atoms with Crippen molar-refractivity contribution in [2.45, 2.75) is 25.4 Å². The summed E-state index contributed by atoms with van der Waals surface area (Å²) in [4.78, 5) is 0. The average molecular weight is 208 g/mol. The molecule has 0 radical (unpaired) electrons. The van der Waals surface area contributed by atoms with Crippen molar-refractivity contribution in [3.05, 3.63) is 29.8 Å².